The van der Waals surface area contributed by atoms with Crippen LogP contribution < -0.4 is 15.8 Å². The van der Waals surface area contributed by atoms with Gasteiger partial charge in [0.05, 0.1) is 12.9 Å². The third kappa shape index (κ3) is 4.28. The molecule has 1 amide bonds. The van der Waals surface area contributed by atoms with E-state index in [2.05, 4.69) is 15.0 Å². The van der Waals surface area contributed by atoms with E-state index in [1.165, 1.54) is 17.1 Å². The first-order chi connectivity index (χ1) is 10.4. The second-order valence-electron chi connectivity index (χ2n) is 5.66. The summed E-state index contributed by atoms with van der Waals surface area (Å²) in [5.74, 6) is -0.0741. The van der Waals surface area contributed by atoms with E-state index >= 15 is 0 Å². The van der Waals surface area contributed by atoms with Gasteiger partial charge in [0.25, 0.3) is 10.0 Å². The van der Waals surface area contributed by atoms with Crippen LogP contribution >= 0.6 is 0 Å². The molecule has 4 N–H and O–H groups in total. The molecular formula is C13H23N5O3S. The Morgan fingerprint density at radius 1 is 1.45 bits per heavy atom. The maximum absolute atomic E-state index is 12.0. The van der Waals surface area contributed by atoms with Gasteiger partial charge in [-0.05, 0) is 25.3 Å². The average Bonchev–Trinajstić information content (AvgIpc) is 2.93. The standard InChI is InChI=1S/C13H23N5O3S/c1-18-8-13(15-9-18)22(20,21)16-7-12(19)17-11-5-3-2-4-10(11)6-14/h8-11,16H,2-7,14H2,1H3,(H,17,19). The normalized spacial score (nSPS) is 22.5. The van der Waals surface area contributed by atoms with Gasteiger partial charge in [0, 0.05) is 19.3 Å². The Morgan fingerprint density at radius 2 is 2.18 bits per heavy atom. The van der Waals surface area contributed by atoms with Crippen LogP contribution in [0.3, 0.4) is 0 Å². The number of nitrogens with one attached hydrogen (secondary N) is 2. The van der Waals surface area contributed by atoms with Crippen molar-refractivity contribution in [2.24, 2.45) is 18.7 Å². The molecule has 9 heteroatoms. The van der Waals surface area contributed by atoms with E-state index in [1.807, 2.05) is 0 Å². The first-order valence-corrected chi connectivity index (χ1v) is 8.88. The molecule has 0 aliphatic heterocycles. The van der Waals surface area contributed by atoms with E-state index in [4.69, 9.17) is 5.73 Å². The maximum atomic E-state index is 12.0. The van der Waals surface area contributed by atoms with E-state index < -0.39 is 10.0 Å². The van der Waals surface area contributed by atoms with Crippen molar-refractivity contribution in [3.63, 3.8) is 0 Å². The Hall–Kier alpha value is -1.45. The van der Waals surface area contributed by atoms with Crippen LogP contribution in [0.4, 0.5) is 0 Å². The number of rotatable bonds is 6. The van der Waals surface area contributed by atoms with Crippen LogP contribution in [-0.4, -0.2) is 43.0 Å². The largest absolute Gasteiger partial charge is 0.352 e. The minimum Gasteiger partial charge on any atom is -0.352 e. The third-order valence-electron chi connectivity index (χ3n) is 3.94. The van der Waals surface area contributed by atoms with Crippen LogP contribution in [0.15, 0.2) is 17.6 Å². The van der Waals surface area contributed by atoms with Crippen LogP contribution in [0.5, 0.6) is 0 Å². The second kappa shape index (κ2) is 7.21. The zero-order valence-corrected chi connectivity index (χ0v) is 13.5. The van der Waals surface area contributed by atoms with Crippen LogP contribution in [0.1, 0.15) is 25.7 Å². The predicted octanol–water partition coefficient (Wildman–Crippen LogP) is -0.668. The molecule has 0 radical (unpaired) electrons. The molecule has 1 aromatic heterocycles. The Labute approximate surface area is 130 Å². The summed E-state index contributed by atoms with van der Waals surface area (Å²) in [5.41, 5.74) is 5.72. The molecule has 8 nitrogen and oxygen atoms in total. The lowest BCUT2D eigenvalue weighted by Crippen LogP contribution is -2.48. The molecule has 1 aliphatic carbocycles. The molecule has 124 valence electrons. The number of nitrogens with zero attached hydrogens (tertiary/aromatic N) is 2. The van der Waals surface area contributed by atoms with Gasteiger partial charge in [0.2, 0.25) is 5.91 Å². The van der Waals surface area contributed by atoms with Crippen LogP contribution in [-0.2, 0) is 21.9 Å². The summed E-state index contributed by atoms with van der Waals surface area (Å²) in [7, 11) is -2.09. The van der Waals surface area contributed by atoms with Gasteiger partial charge in [0.15, 0.2) is 5.03 Å². The van der Waals surface area contributed by atoms with Crippen molar-refractivity contribution in [3.8, 4) is 0 Å². The van der Waals surface area contributed by atoms with Crippen LogP contribution in [0.25, 0.3) is 0 Å². The fraction of sp³-hybridized carbons (Fsp3) is 0.692. The predicted molar refractivity (Wildman–Crippen MR) is 81.3 cm³/mol. The summed E-state index contributed by atoms with van der Waals surface area (Å²) in [6.45, 7) is 0.233. The first kappa shape index (κ1) is 16.9. The number of aryl methyl sites for hydroxylation is 1. The number of carbonyl (C=O) groups is 1. The zero-order valence-electron chi connectivity index (χ0n) is 12.7. The Balaban J connectivity index is 1.87. The molecule has 2 rings (SSSR count). The summed E-state index contributed by atoms with van der Waals surface area (Å²) >= 11 is 0. The van der Waals surface area contributed by atoms with E-state index in [-0.39, 0.29) is 29.4 Å². The molecule has 0 bridgehead atoms. The average molecular weight is 329 g/mol. The van der Waals surface area contributed by atoms with Gasteiger partial charge in [-0.2, -0.15) is 0 Å². The monoisotopic (exact) mass is 329 g/mol. The van der Waals surface area contributed by atoms with E-state index in [0.29, 0.717) is 6.54 Å². The molecular weight excluding hydrogens is 306 g/mol. The van der Waals surface area contributed by atoms with Gasteiger partial charge in [-0.3, -0.25) is 4.79 Å². The van der Waals surface area contributed by atoms with Crippen molar-refractivity contribution in [1.29, 1.82) is 0 Å². The molecule has 1 fully saturated rings. The first-order valence-electron chi connectivity index (χ1n) is 7.39. The maximum Gasteiger partial charge on any atom is 0.260 e. The fourth-order valence-electron chi connectivity index (χ4n) is 2.70. The topological polar surface area (TPSA) is 119 Å². The number of nitrogens with two attached hydrogens (primary N) is 1. The number of aromatic nitrogens is 2. The molecule has 2 atom stereocenters. The number of hydrogen-bond donors (Lipinski definition) is 3. The van der Waals surface area contributed by atoms with Gasteiger partial charge in [-0.15, -0.1) is 0 Å². The summed E-state index contributed by atoms with van der Waals surface area (Å²) in [6, 6.07) is 0.0330. The highest BCUT2D eigenvalue weighted by Crippen LogP contribution is 2.23. The highest BCUT2D eigenvalue weighted by atomic mass is 32.2. The SMILES string of the molecule is Cn1cnc(S(=O)(=O)NCC(=O)NC2CCCCC2CN)c1. The molecule has 1 heterocycles. The molecule has 1 aliphatic rings. The van der Waals surface area contributed by atoms with Crippen LogP contribution in [0.2, 0.25) is 0 Å². The van der Waals surface area contributed by atoms with Crippen molar-refractivity contribution in [1.82, 2.24) is 19.6 Å². The Kier molecular flexibility index (Phi) is 5.54. The van der Waals surface area contributed by atoms with Crippen molar-refractivity contribution in [2.75, 3.05) is 13.1 Å². The quantitative estimate of drug-likeness (QED) is 0.639. The van der Waals surface area contributed by atoms with E-state index in [9.17, 15) is 13.2 Å². The van der Waals surface area contributed by atoms with Gasteiger partial charge >= 0.3 is 0 Å². The van der Waals surface area contributed by atoms with Gasteiger partial charge in [0.1, 0.15) is 0 Å². The van der Waals surface area contributed by atoms with E-state index in [1.54, 1.807) is 7.05 Å². The lowest BCUT2D eigenvalue weighted by molar-refractivity contribution is -0.121. The second-order valence-corrected chi connectivity index (χ2v) is 7.37. The van der Waals surface area contributed by atoms with Gasteiger partial charge < -0.3 is 15.6 Å². The zero-order chi connectivity index (χ0) is 16.2. The fourth-order valence-corrected chi connectivity index (χ4v) is 3.66. The number of hydrogen-bond acceptors (Lipinski definition) is 5. The summed E-state index contributed by atoms with van der Waals surface area (Å²) < 4.78 is 27.7. The number of amides is 1. The molecule has 1 saturated carbocycles. The van der Waals surface area contributed by atoms with Crippen molar-refractivity contribution in [2.45, 2.75) is 36.8 Å². The van der Waals surface area contributed by atoms with Crippen LogP contribution in [0, 0.1) is 5.92 Å². The minimum absolute atomic E-state index is 0.0330. The number of sulfonamides is 1. The number of carbonyl (C=O) groups excluding carboxylic acids is 1. The molecule has 0 aromatic carbocycles. The van der Waals surface area contributed by atoms with Gasteiger partial charge in [-0.1, -0.05) is 12.8 Å². The lowest BCUT2D eigenvalue weighted by atomic mass is 9.84. The highest BCUT2D eigenvalue weighted by Gasteiger charge is 2.26. The summed E-state index contributed by atoms with van der Waals surface area (Å²) in [5, 5.41) is 2.78. The third-order valence-corrected chi connectivity index (χ3v) is 5.22. The minimum atomic E-state index is -3.76. The van der Waals surface area contributed by atoms with Gasteiger partial charge in [-0.25, -0.2) is 18.1 Å². The Morgan fingerprint density at radius 3 is 2.82 bits per heavy atom. The molecule has 2 unspecified atom stereocenters. The molecule has 22 heavy (non-hydrogen) atoms. The molecule has 1 aromatic rings. The molecule has 0 spiro atoms. The van der Waals surface area contributed by atoms with Crippen molar-refractivity contribution >= 4 is 15.9 Å². The lowest BCUT2D eigenvalue weighted by Gasteiger charge is -2.31. The van der Waals surface area contributed by atoms with E-state index in [0.717, 1.165) is 25.7 Å². The Bertz CT molecular complexity index is 613. The highest BCUT2D eigenvalue weighted by molar-refractivity contribution is 7.89. The van der Waals surface area contributed by atoms with Crippen molar-refractivity contribution in [3.05, 3.63) is 12.5 Å². The molecule has 0 saturated heterocycles. The summed E-state index contributed by atoms with van der Waals surface area (Å²) in [4.78, 5) is 15.7. The smallest absolute Gasteiger partial charge is 0.260 e. The summed E-state index contributed by atoms with van der Waals surface area (Å²) in [6.07, 6.45) is 6.84. The van der Waals surface area contributed by atoms with Crippen molar-refractivity contribution < 1.29 is 13.2 Å². The number of imidazole rings is 1.